The molecule has 2 atom stereocenters. The predicted octanol–water partition coefficient (Wildman–Crippen LogP) is 4.20. The van der Waals surface area contributed by atoms with Crippen LogP contribution in [0.4, 0.5) is 19.3 Å². The van der Waals surface area contributed by atoms with E-state index >= 15 is 0 Å². The summed E-state index contributed by atoms with van der Waals surface area (Å²) in [6, 6.07) is 16.5. The van der Waals surface area contributed by atoms with Gasteiger partial charge >= 0.3 is 11.8 Å². The number of ether oxygens (including phenoxy) is 1. The third kappa shape index (κ3) is 4.98. The quantitative estimate of drug-likeness (QED) is 0.326. The fourth-order valence-electron chi connectivity index (χ4n) is 4.26. The van der Waals surface area contributed by atoms with Crippen LogP contribution < -0.4 is 5.32 Å². The number of nitrogens with one attached hydrogen (secondary N) is 1. The SMILES string of the molecule is O=C(NCCC(O)C(O)c1cc([N+](=O)[O-])c(F)cc1F)OCC1c2ccccc2-c2ccccc21. The number of aliphatic hydroxyl groups excluding tert-OH is 2. The lowest BCUT2D eigenvalue weighted by atomic mass is 9.98. The van der Waals surface area contributed by atoms with Gasteiger partial charge < -0.3 is 20.3 Å². The van der Waals surface area contributed by atoms with Crippen molar-refractivity contribution in [1.29, 1.82) is 0 Å². The molecule has 0 radical (unpaired) electrons. The highest BCUT2D eigenvalue weighted by atomic mass is 19.1. The first-order valence-electron chi connectivity index (χ1n) is 10.9. The summed E-state index contributed by atoms with van der Waals surface area (Å²) in [5.74, 6) is -2.75. The maximum atomic E-state index is 14.0. The van der Waals surface area contributed by atoms with Crippen molar-refractivity contribution in [3.05, 3.63) is 99.1 Å². The Kier molecular flexibility index (Phi) is 7.04. The van der Waals surface area contributed by atoms with Crippen LogP contribution in [0, 0.1) is 21.7 Å². The van der Waals surface area contributed by atoms with Gasteiger partial charge in [0.15, 0.2) is 0 Å². The molecule has 0 spiro atoms. The third-order valence-corrected chi connectivity index (χ3v) is 6.00. The van der Waals surface area contributed by atoms with Crippen molar-refractivity contribution in [2.24, 2.45) is 0 Å². The van der Waals surface area contributed by atoms with Gasteiger partial charge in [0.1, 0.15) is 18.5 Å². The molecule has 0 aromatic heterocycles. The Balaban J connectivity index is 1.31. The summed E-state index contributed by atoms with van der Waals surface area (Å²) in [6.45, 7) is -0.0324. The molecule has 35 heavy (non-hydrogen) atoms. The number of carbonyl (C=O) groups excluding carboxylic acids is 1. The van der Waals surface area contributed by atoms with Gasteiger partial charge in [-0.2, -0.15) is 4.39 Å². The Labute approximate surface area is 198 Å². The normalized spacial score (nSPS) is 14.1. The van der Waals surface area contributed by atoms with Gasteiger partial charge in [-0.3, -0.25) is 10.1 Å². The molecule has 182 valence electrons. The number of hydrogen-bond donors (Lipinski definition) is 3. The first-order chi connectivity index (χ1) is 16.8. The zero-order valence-corrected chi connectivity index (χ0v) is 18.4. The second-order valence-electron chi connectivity index (χ2n) is 8.14. The van der Waals surface area contributed by atoms with Crippen LogP contribution in [-0.2, 0) is 4.74 Å². The Morgan fingerprint density at radius 2 is 1.63 bits per heavy atom. The number of amides is 1. The highest BCUT2D eigenvalue weighted by Crippen LogP contribution is 2.44. The topological polar surface area (TPSA) is 122 Å². The number of nitro groups is 1. The van der Waals surface area contributed by atoms with Crippen LogP contribution in [0.1, 0.15) is 35.1 Å². The van der Waals surface area contributed by atoms with Crippen LogP contribution >= 0.6 is 0 Å². The molecule has 4 rings (SSSR count). The lowest BCUT2D eigenvalue weighted by Gasteiger charge is -2.19. The number of halogens is 2. The zero-order chi connectivity index (χ0) is 25.1. The molecule has 10 heteroatoms. The molecule has 0 bridgehead atoms. The van der Waals surface area contributed by atoms with Gasteiger partial charge in [0, 0.05) is 30.2 Å². The van der Waals surface area contributed by atoms with Gasteiger partial charge in [0.2, 0.25) is 5.82 Å². The largest absolute Gasteiger partial charge is 0.449 e. The van der Waals surface area contributed by atoms with Gasteiger partial charge in [-0.1, -0.05) is 48.5 Å². The number of carbonyl (C=O) groups is 1. The van der Waals surface area contributed by atoms with E-state index in [0.29, 0.717) is 6.07 Å². The fraction of sp³-hybridized carbons (Fsp3) is 0.240. The molecule has 0 heterocycles. The lowest BCUT2D eigenvalue weighted by Crippen LogP contribution is -2.31. The summed E-state index contributed by atoms with van der Waals surface area (Å²) in [5.41, 5.74) is 2.63. The van der Waals surface area contributed by atoms with E-state index in [4.69, 9.17) is 4.74 Å². The van der Waals surface area contributed by atoms with E-state index in [2.05, 4.69) is 5.32 Å². The first kappa shape index (κ1) is 24.2. The van der Waals surface area contributed by atoms with Crippen LogP contribution in [0.25, 0.3) is 11.1 Å². The van der Waals surface area contributed by atoms with Crippen LogP contribution in [0.5, 0.6) is 0 Å². The molecule has 3 N–H and O–H groups in total. The molecule has 3 aromatic carbocycles. The number of nitro benzene ring substituents is 1. The minimum atomic E-state index is -1.86. The Bertz CT molecular complexity index is 1220. The van der Waals surface area contributed by atoms with Gasteiger partial charge in [0.25, 0.3) is 0 Å². The van der Waals surface area contributed by atoms with Crippen LogP contribution in [0.3, 0.4) is 0 Å². The molecule has 1 amide bonds. The summed E-state index contributed by atoms with van der Waals surface area (Å²) in [7, 11) is 0. The Morgan fingerprint density at radius 1 is 1.03 bits per heavy atom. The second kappa shape index (κ2) is 10.2. The maximum Gasteiger partial charge on any atom is 0.407 e. The van der Waals surface area contributed by atoms with Gasteiger partial charge in [0.05, 0.1) is 11.0 Å². The monoisotopic (exact) mass is 484 g/mol. The molecule has 0 fully saturated rings. The van der Waals surface area contributed by atoms with Crippen LogP contribution in [-0.4, -0.2) is 40.5 Å². The molecule has 1 aliphatic carbocycles. The number of benzene rings is 3. The number of rotatable bonds is 8. The van der Waals surface area contributed by atoms with Crippen molar-refractivity contribution in [2.75, 3.05) is 13.2 Å². The molecular weight excluding hydrogens is 462 g/mol. The van der Waals surface area contributed by atoms with Crippen molar-refractivity contribution in [2.45, 2.75) is 24.5 Å². The van der Waals surface area contributed by atoms with E-state index in [1.54, 1.807) is 0 Å². The van der Waals surface area contributed by atoms with E-state index < -0.39 is 46.1 Å². The molecule has 2 unspecified atom stereocenters. The summed E-state index contributed by atoms with van der Waals surface area (Å²) in [6.07, 6.45) is -4.39. The van der Waals surface area contributed by atoms with E-state index in [-0.39, 0.29) is 31.6 Å². The zero-order valence-electron chi connectivity index (χ0n) is 18.4. The molecule has 8 nitrogen and oxygen atoms in total. The highest BCUT2D eigenvalue weighted by molar-refractivity contribution is 5.79. The molecule has 0 saturated heterocycles. The van der Waals surface area contributed by atoms with Crippen molar-refractivity contribution in [1.82, 2.24) is 5.32 Å². The summed E-state index contributed by atoms with van der Waals surface area (Å²) in [5, 5.41) is 33.6. The third-order valence-electron chi connectivity index (χ3n) is 6.00. The second-order valence-corrected chi connectivity index (χ2v) is 8.14. The maximum absolute atomic E-state index is 14.0. The Morgan fingerprint density at radius 3 is 2.23 bits per heavy atom. The molecule has 1 aliphatic rings. The average molecular weight is 484 g/mol. The summed E-state index contributed by atoms with van der Waals surface area (Å²) < 4.78 is 32.9. The number of fused-ring (bicyclic) bond motifs is 3. The minimum Gasteiger partial charge on any atom is -0.449 e. The lowest BCUT2D eigenvalue weighted by molar-refractivity contribution is -0.387. The standard InChI is InChI=1S/C25H22F2N2O6/c26-20-12-21(27)22(29(33)34)11-18(20)24(31)23(30)9-10-28-25(32)35-13-19-16-7-3-1-5-14(16)15-6-2-4-8-17(15)19/h1-8,11-12,19,23-24,30-31H,9-10,13H2,(H,28,32). The number of nitrogens with zero attached hydrogens (tertiary/aromatic N) is 1. The van der Waals surface area contributed by atoms with Gasteiger partial charge in [-0.05, 0) is 28.7 Å². The van der Waals surface area contributed by atoms with E-state index in [0.717, 1.165) is 22.3 Å². The molecule has 0 aliphatic heterocycles. The van der Waals surface area contributed by atoms with Crippen molar-refractivity contribution >= 4 is 11.8 Å². The smallest absolute Gasteiger partial charge is 0.407 e. The first-order valence-corrected chi connectivity index (χ1v) is 10.9. The number of hydrogen-bond acceptors (Lipinski definition) is 6. The van der Waals surface area contributed by atoms with Crippen LogP contribution in [0.15, 0.2) is 60.7 Å². The number of alkyl carbamates (subject to hydrolysis) is 1. The summed E-state index contributed by atoms with van der Waals surface area (Å²) in [4.78, 5) is 22.0. The van der Waals surface area contributed by atoms with Crippen molar-refractivity contribution in [3.8, 4) is 11.1 Å². The fourth-order valence-corrected chi connectivity index (χ4v) is 4.26. The minimum absolute atomic E-state index is 0.0928. The van der Waals surface area contributed by atoms with E-state index in [9.17, 15) is 33.9 Å². The van der Waals surface area contributed by atoms with Gasteiger partial charge in [-0.15, -0.1) is 0 Å². The molecule has 3 aromatic rings. The van der Waals surface area contributed by atoms with Gasteiger partial charge in [-0.25, -0.2) is 9.18 Å². The van der Waals surface area contributed by atoms with E-state index in [1.807, 2.05) is 48.5 Å². The summed E-state index contributed by atoms with van der Waals surface area (Å²) >= 11 is 0. The Hall–Kier alpha value is -3.89. The molecular formula is C25H22F2N2O6. The average Bonchev–Trinajstić information content (AvgIpc) is 3.16. The number of aliphatic hydroxyl groups is 2. The molecule has 0 saturated carbocycles. The predicted molar refractivity (Wildman–Crippen MR) is 122 cm³/mol. The van der Waals surface area contributed by atoms with Crippen molar-refractivity contribution < 1.29 is 33.4 Å². The van der Waals surface area contributed by atoms with Crippen LogP contribution in [0.2, 0.25) is 0 Å². The van der Waals surface area contributed by atoms with E-state index in [1.165, 1.54) is 0 Å². The van der Waals surface area contributed by atoms with Crippen molar-refractivity contribution in [3.63, 3.8) is 0 Å². The highest BCUT2D eigenvalue weighted by Gasteiger charge is 2.29.